The third-order valence-electron chi connectivity index (χ3n) is 5.66. The van der Waals surface area contributed by atoms with Crippen molar-refractivity contribution in [1.82, 2.24) is 4.90 Å². The average molecular weight is 305 g/mol. The van der Waals surface area contributed by atoms with Gasteiger partial charge < -0.3 is 0 Å². The molecule has 1 saturated heterocycles. The number of likely N-dealkylation sites (tertiary alicyclic amines) is 1. The number of fused-ring (bicyclic) bond motifs is 1. The second kappa shape index (κ2) is 5.49. The molecule has 2 aromatic carbocycles. The Hall–Kier alpha value is -1.60. The number of nitrogens with zero attached hydrogens (tertiary/aromatic N) is 1. The molecule has 0 bridgehead atoms. The Bertz CT molecular complexity index is 671. The van der Waals surface area contributed by atoms with Crippen molar-refractivity contribution in [2.75, 3.05) is 13.1 Å². The summed E-state index contributed by atoms with van der Waals surface area (Å²) in [4.78, 5) is 2.63. The quantitative estimate of drug-likeness (QED) is 0.785. The van der Waals surface area contributed by atoms with Gasteiger partial charge in [0.25, 0.3) is 0 Å². The highest BCUT2D eigenvalue weighted by Crippen LogP contribution is 2.58. The van der Waals surface area contributed by atoms with Gasteiger partial charge in [-0.05, 0) is 39.9 Å². The molecule has 120 valence electrons. The van der Waals surface area contributed by atoms with E-state index in [0.29, 0.717) is 0 Å². The molecular formula is C22H27N. The zero-order chi connectivity index (χ0) is 16.0. The van der Waals surface area contributed by atoms with Gasteiger partial charge in [-0.3, -0.25) is 4.90 Å². The molecule has 2 aromatic rings. The van der Waals surface area contributed by atoms with E-state index >= 15 is 0 Å². The van der Waals surface area contributed by atoms with Crippen molar-refractivity contribution in [3.05, 3.63) is 71.3 Å². The summed E-state index contributed by atoms with van der Waals surface area (Å²) in [5, 5.41) is 0. The van der Waals surface area contributed by atoms with E-state index in [4.69, 9.17) is 0 Å². The lowest BCUT2D eigenvalue weighted by Gasteiger charge is -2.22. The van der Waals surface area contributed by atoms with Gasteiger partial charge in [0.15, 0.2) is 0 Å². The van der Waals surface area contributed by atoms with E-state index in [0.717, 1.165) is 24.3 Å². The largest absolute Gasteiger partial charge is 0.298 e. The van der Waals surface area contributed by atoms with Gasteiger partial charge in [0.2, 0.25) is 0 Å². The van der Waals surface area contributed by atoms with Crippen LogP contribution in [0.15, 0.2) is 54.6 Å². The van der Waals surface area contributed by atoms with Crippen LogP contribution in [0.1, 0.15) is 43.4 Å². The van der Waals surface area contributed by atoms with Crippen molar-refractivity contribution in [1.29, 1.82) is 0 Å². The van der Waals surface area contributed by atoms with E-state index in [1.165, 1.54) is 24.2 Å². The van der Waals surface area contributed by atoms with Gasteiger partial charge in [-0.25, -0.2) is 0 Å². The first-order valence-corrected chi connectivity index (χ1v) is 8.89. The fourth-order valence-electron chi connectivity index (χ4n) is 4.29. The number of hydrogen-bond donors (Lipinski definition) is 0. The van der Waals surface area contributed by atoms with E-state index in [1.54, 1.807) is 5.56 Å². The van der Waals surface area contributed by atoms with E-state index in [1.807, 2.05) is 0 Å². The van der Waals surface area contributed by atoms with Crippen molar-refractivity contribution in [3.63, 3.8) is 0 Å². The van der Waals surface area contributed by atoms with Crippen LogP contribution in [0.4, 0.5) is 0 Å². The zero-order valence-electron chi connectivity index (χ0n) is 14.5. The highest BCUT2D eigenvalue weighted by atomic mass is 15.2. The van der Waals surface area contributed by atoms with Crippen LogP contribution < -0.4 is 0 Å². The summed E-state index contributed by atoms with van der Waals surface area (Å²) in [5.41, 5.74) is 4.74. The molecule has 0 radical (unpaired) electrons. The molecule has 0 unspecified atom stereocenters. The Morgan fingerprint density at radius 2 is 1.61 bits per heavy atom. The molecule has 0 spiro atoms. The lowest BCUT2D eigenvalue weighted by atomic mass is 9.85. The van der Waals surface area contributed by atoms with Crippen LogP contribution in [0.2, 0.25) is 0 Å². The molecule has 2 fully saturated rings. The first-order valence-electron chi connectivity index (χ1n) is 8.89. The fourth-order valence-corrected chi connectivity index (χ4v) is 4.29. The standard InChI is InChI=1S/C22H27N/c1-22(2,3)18-11-7-10-17(12-18)21-19-14-23(15-20(19)21)13-16-8-5-4-6-9-16/h4-12,19-21H,13-15H2,1-3H3/t19-,20+,21+. The Morgan fingerprint density at radius 3 is 2.26 bits per heavy atom. The minimum absolute atomic E-state index is 0.249. The van der Waals surface area contributed by atoms with Crippen molar-refractivity contribution in [2.45, 2.75) is 38.6 Å². The summed E-state index contributed by atoms with van der Waals surface area (Å²) in [7, 11) is 0. The maximum absolute atomic E-state index is 2.63. The minimum atomic E-state index is 0.249. The topological polar surface area (TPSA) is 3.24 Å². The van der Waals surface area contributed by atoms with E-state index < -0.39 is 0 Å². The van der Waals surface area contributed by atoms with Crippen molar-refractivity contribution >= 4 is 0 Å². The lowest BCUT2D eigenvalue weighted by Crippen LogP contribution is -2.23. The Labute approximate surface area is 140 Å². The molecule has 1 heteroatoms. The molecule has 1 saturated carbocycles. The summed E-state index contributed by atoms with van der Waals surface area (Å²) >= 11 is 0. The van der Waals surface area contributed by atoms with E-state index in [9.17, 15) is 0 Å². The van der Waals surface area contributed by atoms with Gasteiger partial charge in [-0.15, -0.1) is 0 Å². The van der Waals surface area contributed by atoms with E-state index in [-0.39, 0.29) is 5.41 Å². The third-order valence-corrected chi connectivity index (χ3v) is 5.66. The molecule has 0 aromatic heterocycles. The minimum Gasteiger partial charge on any atom is -0.298 e. The number of piperidine rings is 1. The van der Waals surface area contributed by atoms with Gasteiger partial charge in [0, 0.05) is 19.6 Å². The fraction of sp³-hybridized carbons (Fsp3) is 0.455. The Morgan fingerprint density at radius 1 is 0.913 bits per heavy atom. The monoisotopic (exact) mass is 305 g/mol. The molecule has 23 heavy (non-hydrogen) atoms. The second-order valence-corrected chi connectivity index (χ2v) is 8.41. The highest BCUT2D eigenvalue weighted by molar-refractivity contribution is 5.36. The molecule has 1 aliphatic heterocycles. The first-order chi connectivity index (χ1) is 11.0. The molecule has 0 N–H and O–H groups in total. The van der Waals surface area contributed by atoms with Crippen LogP contribution >= 0.6 is 0 Å². The SMILES string of the molecule is CC(C)(C)c1cccc([C@H]2[C@@H]3CN(Cc4ccccc4)C[C@@H]32)c1. The van der Waals surface area contributed by atoms with Gasteiger partial charge in [0.1, 0.15) is 0 Å². The predicted molar refractivity (Wildman–Crippen MR) is 96.6 cm³/mol. The predicted octanol–water partition coefficient (Wildman–Crippen LogP) is 4.83. The average Bonchev–Trinajstić information content (AvgIpc) is 3.04. The summed E-state index contributed by atoms with van der Waals surface area (Å²) in [6.07, 6.45) is 0. The number of rotatable bonds is 3. The maximum Gasteiger partial charge on any atom is 0.0233 e. The number of hydrogen-bond acceptors (Lipinski definition) is 1. The van der Waals surface area contributed by atoms with Crippen LogP contribution in [-0.4, -0.2) is 18.0 Å². The molecule has 0 amide bonds. The van der Waals surface area contributed by atoms with Crippen molar-refractivity contribution in [2.24, 2.45) is 11.8 Å². The van der Waals surface area contributed by atoms with E-state index in [2.05, 4.69) is 80.3 Å². The first kappa shape index (κ1) is 15.0. The van der Waals surface area contributed by atoms with Crippen molar-refractivity contribution < 1.29 is 0 Å². The van der Waals surface area contributed by atoms with Crippen LogP contribution in [0, 0.1) is 11.8 Å². The van der Waals surface area contributed by atoms with Gasteiger partial charge in [0.05, 0.1) is 0 Å². The summed E-state index contributed by atoms with van der Waals surface area (Å²) in [5.74, 6) is 2.58. The highest BCUT2D eigenvalue weighted by Gasteiger charge is 2.55. The van der Waals surface area contributed by atoms with Gasteiger partial charge in [-0.1, -0.05) is 75.4 Å². The Kier molecular flexibility index (Phi) is 3.57. The summed E-state index contributed by atoms with van der Waals surface area (Å²) < 4.78 is 0. The smallest absolute Gasteiger partial charge is 0.0233 e. The van der Waals surface area contributed by atoms with Crippen LogP contribution in [-0.2, 0) is 12.0 Å². The number of benzene rings is 2. The molecular weight excluding hydrogens is 278 g/mol. The molecule has 2 aliphatic rings. The zero-order valence-corrected chi connectivity index (χ0v) is 14.5. The lowest BCUT2D eigenvalue weighted by molar-refractivity contribution is 0.290. The molecule has 3 atom stereocenters. The molecule has 1 nitrogen and oxygen atoms in total. The molecule has 1 heterocycles. The van der Waals surface area contributed by atoms with Crippen LogP contribution in [0.25, 0.3) is 0 Å². The third kappa shape index (κ3) is 2.95. The molecule has 4 rings (SSSR count). The van der Waals surface area contributed by atoms with Gasteiger partial charge in [-0.2, -0.15) is 0 Å². The second-order valence-electron chi connectivity index (χ2n) is 8.41. The Balaban J connectivity index is 1.41. The molecule has 1 aliphatic carbocycles. The summed E-state index contributed by atoms with van der Waals surface area (Å²) in [6, 6.07) is 20.2. The van der Waals surface area contributed by atoms with Crippen LogP contribution in [0.3, 0.4) is 0 Å². The summed E-state index contributed by atoms with van der Waals surface area (Å²) in [6.45, 7) is 10.6. The van der Waals surface area contributed by atoms with Gasteiger partial charge >= 0.3 is 0 Å². The maximum atomic E-state index is 2.63. The van der Waals surface area contributed by atoms with Crippen molar-refractivity contribution in [3.8, 4) is 0 Å². The normalized spacial score (nSPS) is 27.0. The van der Waals surface area contributed by atoms with Crippen LogP contribution in [0.5, 0.6) is 0 Å².